The first-order valence-electron chi connectivity index (χ1n) is 8.82. The second kappa shape index (κ2) is 8.47. The Bertz CT molecular complexity index is 574. The molecule has 7 heteroatoms. The second-order valence-electron chi connectivity index (χ2n) is 7.53. The van der Waals surface area contributed by atoms with Crippen LogP contribution in [0.5, 0.6) is 5.88 Å². The number of carbonyl (C=O) groups is 1. The fourth-order valence-electron chi connectivity index (χ4n) is 3.06. The Hall–Kier alpha value is -1.89. The van der Waals surface area contributed by atoms with Crippen molar-refractivity contribution in [2.75, 3.05) is 27.2 Å². The second-order valence-corrected chi connectivity index (χ2v) is 7.53. The Balaban J connectivity index is 1.99. The van der Waals surface area contributed by atoms with Crippen molar-refractivity contribution in [3.8, 4) is 5.88 Å². The van der Waals surface area contributed by atoms with Crippen LogP contribution in [-0.2, 0) is 11.3 Å². The van der Waals surface area contributed by atoms with Gasteiger partial charge in [-0.3, -0.25) is 9.88 Å². The maximum Gasteiger partial charge on any atom is 0.410 e. The van der Waals surface area contributed by atoms with Crippen molar-refractivity contribution in [1.29, 1.82) is 0 Å². The van der Waals surface area contributed by atoms with E-state index in [2.05, 4.69) is 14.9 Å². The Labute approximate surface area is 150 Å². The molecule has 2 heterocycles. The summed E-state index contributed by atoms with van der Waals surface area (Å²) in [4.78, 5) is 25.1. The third-order valence-corrected chi connectivity index (χ3v) is 4.13. The predicted molar refractivity (Wildman–Crippen MR) is 95.5 cm³/mol. The normalized spacial score (nSPS) is 18.3. The molecule has 1 amide bonds. The van der Waals surface area contributed by atoms with Crippen LogP contribution in [0.1, 0.15) is 45.7 Å². The topological polar surface area (TPSA) is 67.8 Å². The molecule has 7 nitrogen and oxygen atoms in total. The number of amides is 1. The zero-order valence-corrected chi connectivity index (χ0v) is 16.0. The van der Waals surface area contributed by atoms with Crippen molar-refractivity contribution in [2.24, 2.45) is 0 Å². The summed E-state index contributed by atoms with van der Waals surface area (Å²) in [6, 6.07) is 0.149. The average Bonchev–Trinajstić information content (AvgIpc) is 2.54. The van der Waals surface area contributed by atoms with Crippen LogP contribution >= 0.6 is 0 Å². The van der Waals surface area contributed by atoms with E-state index in [4.69, 9.17) is 9.47 Å². The molecule has 2 rings (SSSR count). The monoisotopic (exact) mass is 350 g/mol. The number of aromatic nitrogens is 2. The van der Waals surface area contributed by atoms with Crippen molar-refractivity contribution in [3.05, 3.63) is 18.1 Å². The number of likely N-dealkylation sites (tertiary alicyclic amines) is 1. The standard InChI is InChI=1S/C18H30N4O3/c1-18(2,3)25-17(23)22-11-7-6-8-14(22)12-21(4)13-15-16(24-5)20-10-9-19-15/h9-10,14H,6-8,11-13H2,1-5H3. The summed E-state index contributed by atoms with van der Waals surface area (Å²) in [5.74, 6) is 0.544. The van der Waals surface area contributed by atoms with Crippen molar-refractivity contribution < 1.29 is 14.3 Å². The minimum absolute atomic E-state index is 0.149. The van der Waals surface area contributed by atoms with Crippen molar-refractivity contribution in [2.45, 2.75) is 58.2 Å². The van der Waals surface area contributed by atoms with Crippen LogP contribution in [0.2, 0.25) is 0 Å². The van der Waals surface area contributed by atoms with Crippen molar-refractivity contribution in [3.63, 3.8) is 0 Å². The molecule has 1 aromatic heterocycles. The van der Waals surface area contributed by atoms with E-state index >= 15 is 0 Å². The lowest BCUT2D eigenvalue weighted by Gasteiger charge is -2.38. The molecule has 0 N–H and O–H groups in total. The Morgan fingerprint density at radius 2 is 2.04 bits per heavy atom. The molecule has 140 valence electrons. The molecule has 0 saturated carbocycles. The van der Waals surface area contributed by atoms with Crippen LogP contribution in [0.25, 0.3) is 0 Å². The molecule has 1 atom stereocenters. The first kappa shape index (κ1) is 19.4. The molecule has 1 saturated heterocycles. The van der Waals surface area contributed by atoms with E-state index in [0.29, 0.717) is 12.4 Å². The van der Waals surface area contributed by atoms with Gasteiger partial charge in [-0.1, -0.05) is 0 Å². The molecule has 0 bridgehead atoms. The summed E-state index contributed by atoms with van der Waals surface area (Å²) in [5.41, 5.74) is 0.324. The van der Waals surface area contributed by atoms with Gasteiger partial charge in [-0.2, -0.15) is 0 Å². The number of hydrogen-bond donors (Lipinski definition) is 0. The van der Waals surface area contributed by atoms with Gasteiger partial charge < -0.3 is 14.4 Å². The lowest BCUT2D eigenvalue weighted by atomic mass is 10.0. The average molecular weight is 350 g/mol. The summed E-state index contributed by atoms with van der Waals surface area (Å²) < 4.78 is 10.8. The Morgan fingerprint density at radius 1 is 1.32 bits per heavy atom. The van der Waals surface area contributed by atoms with Crippen LogP contribution in [0.4, 0.5) is 4.79 Å². The minimum atomic E-state index is -0.474. The van der Waals surface area contributed by atoms with Gasteiger partial charge in [0.15, 0.2) is 0 Å². The van der Waals surface area contributed by atoms with E-state index in [0.717, 1.165) is 38.0 Å². The molecule has 1 unspecified atom stereocenters. The van der Waals surface area contributed by atoms with Gasteiger partial charge in [0.25, 0.3) is 0 Å². The van der Waals surface area contributed by atoms with Crippen molar-refractivity contribution in [1.82, 2.24) is 19.8 Å². The number of ether oxygens (including phenoxy) is 2. The van der Waals surface area contributed by atoms with Gasteiger partial charge in [0.2, 0.25) is 5.88 Å². The summed E-state index contributed by atoms with van der Waals surface area (Å²) in [7, 11) is 3.62. The molecule has 0 aliphatic carbocycles. The van der Waals surface area contributed by atoms with Crippen molar-refractivity contribution >= 4 is 6.09 Å². The number of rotatable bonds is 5. The summed E-state index contributed by atoms with van der Waals surface area (Å²) in [6.45, 7) is 7.83. The maximum absolute atomic E-state index is 12.5. The van der Waals surface area contributed by atoms with Gasteiger partial charge in [0, 0.05) is 38.1 Å². The fourth-order valence-corrected chi connectivity index (χ4v) is 3.06. The first-order valence-corrected chi connectivity index (χ1v) is 8.82. The van der Waals surface area contributed by atoms with Gasteiger partial charge in [-0.25, -0.2) is 9.78 Å². The quantitative estimate of drug-likeness (QED) is 0.813. The zero-order chi connectivity index (χ0) is 18.4. The predicted octanol–water partition coefficient (Wildman–Crippen LogP) is 2.71. The lowest BCUT2D eigenvalue weighted by molar-refractivity contribution is 0.00579. The first-order chi connectivity index (χ1) is 11.8. The lowest BCUT2D eigenvalue weighted by Crippen LogP contribution is -2.50. The fraction of sp³-hybridized carbons (Fsp3) is 0.722. The van der Waals surface area contributed by atoms with E-state index in [1.54, 1.807) is 19.5 Å². The van der Waals surface area contributed by atoms with Crippen LogP contribution in [-0.4, -0.2) is 64.8 Å². The van der Waals surface area contributed by atoms with Gasteiger partial charge in [-0.05, 0) is 47.1 Å². The highest BCUT2D eigenvalue weighted by Gasteiger charge is 2.31. The maximum atomic E-state index is 12.5. The smallest absolute Gasteiger partial charge is 0.410 e. The molecule has 25 heavy (non-hydrogen) atoms. The molecule has 0 radical (unpaired) electrons. The highest BCUT2D eigenvalue weighted by Crippen LogP contribution is 2.22. The third-order valence-electron chi connectivity index (χ3n) is 4.13. The van der Waals surface area contributed by atoms with Crippen LogP contribution in [0, 0.1) is 0 Å². The third kappa shape index (κ3) is 5.85. The molecule has 0 aromatic carbocycles. The van der Waals surface area contributed by atoms with Crippen LogP contribution in [0.15, 0.2) is 12.4 Å². The number of methoxy groups -OCH3 is 1. The van der Waals surface area contributed by atoms with E-state index in [9.17, 15) is 4.79 Å². The largest absolute Gasteiger partial charge is 0.480 e. The van der Waals surface area contributed by atoms with E-state index in [1.807, 2.05) is 32.7 Å². The SMILES string of the molecule is COc1nccnc1CN(C)CC1CCCCN1C(=O)OC(C)(C)C. The van der Waals surface area contributed by atoms with Crippen LogP contribution in [0.3, 0.4) is 0 Å². The Morgan fingerprint density at radius 3 is 2.72 bits per heavy atom. The number of carbonyl (C=O) groups excluding carboxylic acids is 1. The van der Waals surface area contributed by atoms with Gasteiger partial charge in [0.1, 0.15) is 11.3 Å². The van der Waals surface area contributed by atoms with E-state index in [1.165, 1.54) is 0 Å². The number of likely N-dealkylation sites (N-methyl/N-ethyl adjacent to an activating group) is 1. The van der Waals surface area contributed by atoms with E-state index in [-0.39, 0.29) is 12.1 Å². The highest BCUT2D eigenvalue weighted by atomic mass is 16.6. The van der Waals surface area contributed by atoms with Gasteiger partial charge in [-0.15, -0.1) is 0 Å². The summed E-state index contributed by atoms with van der Waals surface area (Å²) in [5, 5.41) is 0. The molecular formula is C18H30N4O3. The molecule has 1 fully saturated rings. The number of piperidine rings is 1. The molecule has 1 aromatic rings. The summed E-state index contributed by atoms with van der Waals surface area (Å²) >= 11 is 0. The minimum Gasteiger partial charge on any atom is -0.480 e. The molecular weight excluding hydrogens is 320 g/mol. The van der Waals surface area contributed by atoms with Crippen LogP contribution < -0.4 is 4.74 Å². The molecule has 1 aliphatic rings. The van der Waals surface area contributed by atoms with Gasteiger partial charge >= 0.3 is 6.09 Å². The number of hydrogen-bond acceptors (Lipinski definition) is 6. The number of nitrogens with zero attached hydrogens (tertiary/aromatic N) is 4. The van der Waals surface area contributed by atoms with E-state index < -0.39 is 5.60 Å². The summed E-state index contributed by atoms with van der Waals surface area (Å²) in [6.07, 6.45) is 6.21. The Kier molecular flexibility index (Phi) is 6.58. The molecule has 0 spiro atoms. The molecule has 1 aliphatic heterocycles. The highest BCUT2D eigenvalue weighted by molar-refractivity contribution is 5.68. The van der Waals surface area contributed by atoms with Gasteiger partial charge in [0.05, 0.1) is 7.11 Å². The zero-order valence-electron chi connectivity index (χ0n) is 16.0.